The monoisotopic (exact) mass is 423 g/mol. The van der Waals surface area contributed by atoms with Crippen LogP contribution in [0.4, 0.5) is 0 Å². The molecule has 0 bridgehead atoms. The average molecular weight is 424 g/mol. The highest BCUT2D eigenvalue weighted by atomic mass is 32.2. The molecule has 1 aromatic heterocycles. The van der Waals surface area contributed by atoms with Crippen LogP contribution in [0.25, 0.3) is 0 Å². The first-order valence-corrected chi connectivity index (χ1v) is 10.8. The van der Waals surface area contributed by atoms with Gasteiger partial charge in [-0.25, -0.2) is 4.79 Å². The molecule has 0 aromatic carbocycles. The molecule has 1 amide bonds. The van der Waals surface area contributed by atoms with Crippen LogP contribution in [0.15, 0.2) is 31.5 Å². The van der Waals surface area contributed by atoms with Gasteiger partial charge in [0.25, 0.3) is 0 Å². The average Bonchev–Trinajstić information content (AvgIpc) is 3.10. The molecular weight excluding hydrogens is 394 g/mol. The SMILES string of the molecule is CCCCOc1cc([C@@H](CCC)NC(=O)[C@]2(C)CSC(/C(C)=N/O)=N2)oc(=O)c1. The Morgan fingerprint density at radius 2 is 2.21 bits per heavy atom. The highest BCUT2D eigenvalue weighted by molar-refractivity contribution is 8.16. The van der Waals surface area contributed by atoms with Gasteiger partial charge in [0.15, 0.2) is 0 Å². The molecule has 1 aromatic rings. The molecule has 0 unspecified atom stereocenters. The second-order valence-corrected chi connectivity index (χ2v) is 8.16. The number of amides is 1. The Hall–Kier alpha value is -2.29. The number of rotatable bonds is 10. The molecule has 2 atom stereocenters. The first-order valence-electron chi connectivity index (χ1n) is 9.83. The van der Waals surface area contributed by atoms with Gasteiger partial charge in [-0.2, -0.15) is 0 Å². The van der Waals surface area contributed by atoms with Crippen molar-refractivity contribution in [2.75, 3.05) is 12.4 Å². The summed E-state index contributed by atoms with van der Waals surface area (Å²) in [4.78, 5) is 29.4. The van der Waals surface area contributed by atoms with Gasteiger partial charge in [-0.15, -0.1) is 11.8 Å². The fourth-order valence-corrected chi connectivity index (χ4v) is 3.92. The molecule has 0 fully saturated rings. The second kappa shape index (κ2) is 10.5. The zero-order valence-corrected chi connectivity index (χ0v) is 18.2. The van der Waals surface area contributed by atoms with E-state index in [4.69, 9.17) is 14.4 Å². The molecule has 0 radical (unpaired) electrons. The summed E-state index contributed by atoms with van der Waals surface area (Å²) in [6.45, 7) is 7.93. The third-order valence-electron chi connectivity index (χ3n) is 4.54. The summed E-state index contributed by atoms with van der Waals surface area (Å²) in [5.74, 6) is 0.969. The number of ether oxygens (including phenoxy) is 1. The maximum atomic E-state index is 13.0. The Labute approximate surface area is 174 Å². The summed E-state index contributed by atoms with van der Waals surface area (Å²) in [5.41, 5.74) is -1.13. The lowest BCUT2D eigenvalue weighted by Gasteiger charge is -2.24. The van der Waals surface area contributed by atoms with Crippen LogP contribution in [-0.2, 0) is 4.79 Å². The number of hydrogen-bond acceptors (Lipinski definition) is 8. The summed E-state index contributed by atoms with van der Waals surface area (Å²) in [6.07, 6.45) is 3.26. The van der Waals surface area contributed by atoms with Gasteiger partial charge in [-0.05, 0) is 26.7 Å². The normalized spacial score (nSPS) is 20.3. The van der Waals surface area contributed by atoms with Crippen LogP contribution in [0.5, 0.6) is 5.75 Å². The lowest BCUT2D eigenvalue weighted by molar-refractivity contribution is -0.125. The molecule has 0 saturated carbocycles. The Kier molecular flexibility index (Phi) is 8.31. The van der Waals surface area contributed by atoms with Crippen LogP contribution in [-0.4, -0.2) is 39.8 Å². The quantitative estimate of drug-likeness (QED) is 0.258. The third-order valence-corrected chi connectivity index (χ3v) is 5.91. The van der Waals surface area contributed by atoms with Gasteiger partial charge >= 0.3 is 5.63 Å². The van der Waals surface area contributed by atoms with E-state index in [-0.39, 0.29) is 5.91 Å². The lowest BCUT2D eigenvalue weighted by atomic mass is 10.0. The summed E-state index contributed by atoms with van der Waals surface area (Å²) >= 11 is 1.37. The summed E-state index contributed by atoms with van der Waals surface area (Å²) in [5, 5.41) is 15.6. The summed E-state index contributed by atoms with van der Waals surface area (Å²) in [7, 11) is 0. The van der Waals surface area contributed by atoms with E-state index in [9.17, 15) is 9.59 Å². The molecule has 1 aliphatic heterocycles. The van der Waals surface area contributed by atoms with Crippen LogP contribution >= 0.6 is 11.8 Å². The smallest absolute Gasteiger partial charge is 0.339 e. The van der Waals surface area contributed by atoms with E-state index in [1.807, 2.05) is 6.92 Å². The van der Waals surface area contributed by atoms with Crippen molar-refractivity contribution < 1.29 is 19.2 Å². The molecule has 0 saturated heterocycles. The number of thioether (sulfide) groups is 1. The largest absolute Gasteiger partial charge is 0.493 e. The highest BCUT2D eigenvalue weighted by Gasteiger charge is 2.40. The van der Waals surface area contributed by atoms with Crippen molar-refractivity contribution in [2.45, 2.75) is 65.0 Å². The number of hydrogen-bond donors (Lipinski definition) is 2. The minimum atomic E-state index is -0.993. The van der Waals surface area contributed by atoms with Crippen molar-refractivity contribution in [1.29, 1.82) is 0 Å². The van der Waals surface area contributed by atoms with Gasteiger partial charge in [0.05, 0.1) is 18.7 Å². The molecule has 0 aliphatic carbocycles. The van der Waals surface area contributed by atoms with Crippen molar-refractivity contribution in [2.24, 2.45) is 10.1 Å². The molecule has 160 valence electrons. The van der Waals surface area contributed by atoms with E-state index in [0.717, 1.165) is 19.3 Å². The summed E-state index contributed by atoms with van der Waals surface area (Å²) in [6, 6.07) is 2.51. The molecule has 1 aliphatic rings. The Bertz CT molecular complexity index is 836. The van der Waals surface area contributed by atoms with Crippen molar-refractivity contribution >= 4 is 28.4 Å². The fourth-order valence-electron chi connectivity index (χ4n) is 2.79. The maximum Gasteiger partial charge on any atom is 0.339 e. The standard InChI is InChI=1S/C20H29N3O5S/c1-5-7-9-27-14-10-16(28-17(24)11-14)15(8-6-2)21-19(25)20(4)12-29-18(22-20)13(3)23-26/h10-11,15,26H,5-9,12H2,1-4H3,(H,21,25)/b23-13+/t15-,20+/m1/s1. The number of nitrogens with one attached hydrogen (secondary N) is 1. The van der Waals surface area contributed by atoms with Crippen LogP contribution in [0.1, 0.15) is 65.2 Å². The van der Waals surface area contributed by atoms with E-state index in [2.05, 4.69) is 22.4 Å². The number of carbonyl (C=O) groups excluding carboxylic acids is 1. The zero-order chi connectivity index (χ0) is 21.4. The van der Waals surface area contributed by atoms with E-state index in [1.165, 1.54) is 17.8 Å². The van der Waals surface area contributed by atoms with E-state index in [1.54, 1.807) is 19.9 Å². The zero-order valence-electron chi connectivity index (χ0n) is 17.4. The van der Waals surface area contributed by atoms with Crippen molar-refractivity contribution in [3.05, 3.63) is 28.3 Å². The Morgan fingerprint density at radius 1 is 1.45 bits per heavy atom. The van der Waals surface area contributed by atoms with Gasteiger partial charge in [0.2, 0.25) is 5.91 Å². The van der Waals surface area contributed by atoms with E-state index < -0.39 is 17.2 Å². The topological polar surface area (TPSA) is 113 Å². The first-order chi connectivity index (χ1) is 13.8. The van der Waals surface area contributed by atoms with E-state index in [0.29, 0.717) is 41.0 Å². The predicted octanol–water partition coefficient (Wildman–Crippen LogP) is 3.53. The molecule has 0 spiro atoms. The van der Waals surface area contributed by atoms with Crippen molar-refractivity contribution in [1.82, 2.24) is 5.32 Å². The molecule has 9 heteroatoms. The van der Waals surface area contributed by atoms with Gasteiger partial charge in [-0.1, -0.05) is 31.8 Å². The van der Waals surface area contributed by atoms with Gasteiger partial charge < -0.3 is 19.7 Å². The molecule has 29 heavy (non-hydrogen) atoms. The van der Waals surface area contributed by atoms with Crippen LogP contribution < -0.4 is 15.7 Å². The molecule has 2 rings (SSSR count). The van der Waals surface area contributed by atoms with E-state index >= 15 is 0 Å². The second-order valence-electron chi connectivity index (χ2n) is 7.20. The number of oxime groups is 1. The van der Waals surface area contributed by atoms with Gasteiger partial charge in [0.1, 0.15) is 27.8 Å². The van der Waals surface area contributed by atoms with Gasteiger partial charge in [-0.3, -0.25) is 9.79 Å². The van der Waals surface area contributed by atoms with Crippen LogP contribution in [0, 0.1) is 0 Å². The van der Waals surface area contributed by atoms with Crippen LogP contribution in [0.3, 0.4) is 0 Å². The van der Waals surface area contributed by atoms with Crippen LogP contribution in [0.2, 0.25) is 0 Å². The minimum Gasteiger partial charge on any atom is -0.493 e. The molecule has 2 N–H and O–H groups in total. The number of aliphatic imine (C=N–C) groups is 1. The van der Waals surface area contributed by atoms with Crippen molar-refractivity contribution in [3.8, 4) is 5.75 Å². The minimum absolute atomic E-state index is 0.274. The number of nitrogens with zero attached hydrogens (tertiary/aromatic N) is 2. The third kappa shape index (κ3) is 6.09. The Balaban J connectivity index is 2.21. The van der Waals surface area contributed by atoms with Crippen molar-refractivity contribution in [3.63, 3.8) is 0 Å². The summed E-state index contributed by atoms with van der Waals surface area (Å²) < 4.78 is 11.0. The highest BCUT2D eigenvalue weighted by Crippen LogP contribution is 2.30. The fraction of sp³-hybridized carbons (Fsp3) is 0.600. The maximum absolute atomic E-state index is 13.0. The number of unbranched alkanes of at least 4 members (excludes halogenated alkanes) is 1. The number of carbonyl (C=O) groups is 1. The predicted molar refractivity (Wildman–Crippen MR) is 114 cm³/mol. The molecule has 8 nitrogen and oxygen atoms in total. The molecular formula is C20H29N3O5S. The van der Waals surface area contributed by atoms with Gasteiger partial charge in [0, 0.05) is 11.8 Å². The molecule has 2 heterocycles. The lowest BCUT2D eigenvalue weighted by Crippen LogP contribution is -2.45. The Morgan fingerprint density at radius 3 is 2.86 bits per heavy atom. The first kappa shape index (κ1) is 23.0.